The summed E-state index contributed by atoms with van der Waals surface area (Å²) in [4.78, 5) is 0. The van der Waals surface area contributed by atoms with Gasteiger partial charge in [-0.1, -0.05) is 13.8 Å². The first kappa shape index (κ1) is 11.7. The number of rotatable bonds is 4. The van der Waals surface area contributed by atoms with Crippen molar-refractivity contribution in [3.05, 3.63) is 0 Å². The molecule has 0 bridgehead atoms. The first-order valence-electron chi connectivity index (χ1n) is 3.88. The highest BCUT2D eigenvalue weighted by molar-refractivity contribution is 4.74. The molecular formula is C8H14F4. The van der Waals surface area contributed by atoms with Crippen molar-refractivity contribution in [3.8, 4) is 0 Å². The Morgan fingerprint density at radius 3 is 1.75 bits per heavy atom. The van der Waals surface area contributed by atoms with E-state index in [1.54, 1.807) is 13.8 Å². The Kier molecular flexibility index (Phi) is 3.54. The van der Waals surface area contributed by atoms with Crippen molar-refractivity contribution < 1.29 is 17.6 Å². The van der Waals surface area contributed by atoms with Crippen molar-refractivity contribution in [1.82, 2.24) is 0 Å². The third-order valence-electron chi connectivity index (χ3n) is 1.28. The van der Waals surface area contributed by atoms with E-state index in [0.717, 1.165) is 0 Å². The van der Waals surface area contributed by atoms with Crippen LogP contribution >= 0.6 is 0 Å². The van der Waals surface area contributed by atoms with Gasteiger partial charge in [0.15, 0.2) is 0 Å². The van der Waals surface area contributed by atoms with Gasteiger partial charge in [0.25, 0.3) is 11.8 Å². The Labute approximate surface area is 70.0 Å². The molecule has 0 aromatic carbocycles. The quantitative estimate of drug-likeness (QED) is 0.587. The van der Waals surface area contributed by atoms with E-state index < -0.39 is 24.7 Å². The van der Waals surface area contributed by atoms with Gasteiger partial charge in [-0.2, -0.15) is 0 Å². The number of alkyl halides is 4. The summed E-state index contributed by atoms with van der Waals surface area (Å²) in [6, 6.07) is 0. The van der Waals surface area contributed by atoms with E-state index in [1.807, 2.05) is 0 Å². The smallest absolute Gasteiger partial charge is 0.207 e. The second kappa shape index (κ2) is 3.62. The van der Waals surface area contributed by atoms with Gasteiger partial charge in [0.1, 0.15) is 0 Å². The third kappa shape index (κ3) is 6.43. The zero-order valence-electron chi connectivity index (χ0n) is 7.50. The Hall–Kier alpha value is -0.280. The molecule has 0 fully saturated rings. The summed E-state index contributed by atoms with van der Waals surface area (Å²) in [5, 5.41) is 0. The lowest BCUT2D eigenvalue weighted by atomic mass is 10.0. The van der Waals surface area contributed by atoms with Gasteiger partial charge >= 0.3 is 0 Å². The number of hydrogen-bond donors (Lipinski definition) is 0. The summed E-state index contributed by atoms with van der Waals surface area (Å²) in [5.74, 6) is -6.78. The van der Waals surface area contributed by atoms with E-state index in [1.165, 1.54) is 0 Å². The van der Waals surface area contributed by atoms with E-state index in [4.69, 9.17) is 0 Å². The Morgan fingerprint density at radius 2 is 1.50 bits per heavy atom. The molecule has 4 heteroatoms. The van der Waals surface area contributed by atoms with Crippen LogP contribution in [0.3, 0.4) is 0 Å². The maximum absolute atomic E-state index is 12.7. The highest BCUT2D eigenvalue weighted by Crippen LogP contribution is 2.34. The molecule has 0 aliphatic rings. The first-order chi connectivity index (χ1) is 5.12. The molecule has 0 radical (unpaired) electrons. The van der Waals surface area contributed by atoms with Gasteiger partial charge < -0.3 is 0 Å². The second-order valence-corrected chi connectivity index (χ2v) is 3.70. The Morgan fingerprint density at radius 1 is 1.08 bits per heavy atom. The molecule has 0 aromatic heterocycles. The summed E-state index contributed by atoms with van der Waals surface area (Å²) in [5.41, 5.74) is 0. The minimum atomic E-state index is -3.28. The van der Waals surface area contributed by atoms with Crippen LogP contribution in [0.4, 0.5) is 17.6 Å². The third-order valence-corrected chi connectivity index (χ3v) is 1.28. The van der Waals surface area contributed by atoms with Crippen molar-refractivity contribution in [2.45, 2.75) is 45.5 Å². The molecule has 0 aliphatic carbocycles. The predicted octanol–water partition coefficient (Wildman–Crippen LogP) is 3.71. The van der Waals surface area contributed by atoms with Crippen molar-refractivity contribution in [2.75, 3.05) is 0 Å². The van der Waals surface area contributed by atoms with Gasteiger partial charge in [-0.3, -0.25) is 0 Å². The van der Waals surface area contributed by atoms with Crippen LogP contribution in [-0.2, 0) is 0 Å². The van der Waals surface area contributed by atoms with Crippen molar-refractivity contribution in [2.24, 2.45) is 5.92 Å². The molecular weight excluding hydrogens is 172 g/mol. The molecule has 0 unspecified atom stereocenters. The van der Waals surface area contributed by atoms with Gasteiger partial charge in [-0.05, 0) is 12.8 Å². The largest absolute Gasteiger partial charge is 0.254 e. The molecule has 0 heterocycles. The van der Waals surface area contributed by atoms with E-state index in [0.29, 0.717) is 6.92 Å². The van der Waals surface area contributed by atoms with Crippen molar-refractivity contribution in [3.63, 3.8) is 0 Å². The van der Waals surface area contributed by atoms with Gasteiger partial charge in [0.05, 0.1) is 6.42 Å². The highest BCUT2D eigenvalue weighted by Gasteiger charge is 2.39. The molecule has 0 nitrogen and oxygen atoms in total. The van der Waals surface area contributed by atoms with E-state index in [2.05, 4.69) is 0 Å². The van der Waals surface area contributed by atoms with E-state index in [-0.39, 0.29) is 5.92 Å². The standard InChI is InChI=1S/C8H14F4/c1-6(2)4-8(11,12)5-7(3,9)10/h6H,4-5H2,1-3H3. The second-order valence-electron chi connectivity index (χ2n) is 3.70. The zero-order chi connectivity index (χ0) is 9.99. The SMILES string of the molecule is CC(C)CC(F)(F)CC(C)(F)F. The van der Waals surface area contributed by atoms with Crippen LogP contribution in [0.15, 0.2) is 0 Å². The average molecular weight is 186 g/mol. The molecule has 0 saturated heterocycles. The molecule has 0 aliphatic heterocycles. The Bertz CT molecular complexity index is 134. The highest BCUT2D eigenvalue weighted by atomic mass is 19.3. The molecule has 0 saturated carbocycles. The van der Waals surface area contributed by atoms with Crippen LogP contribution in [-0.4, -0.2) is 11.8 Å². The van der Waals surface area contributed by atoms with Crippen LogP contribution in [0.2, 0.25) is 0 Å². The summed E-state index contributed by atoms with van der Waals surface area (Å²) >= 11 is 0. The maximum Gasteiger partial charge on any atom is 0.254 e. The van der Waals surface area contributed by atoms with Crippen LogP contribution < -0.4 is 0 Å². The minimum absolute atomic E-state index is 0.262. The normalized spacial score (nSPS) is 14.0. The first-order valence-corrected chi connectivity index (χ1v) is 3.88. The lowest BCUT2D eigenvalue weighted by Gasteiger charge is -2.21. The maximum atomic E-state index is 12.7. The van der Waals surface area contributed by atoms with Crippen LogP contribution in [0.5, 0.6) is 0 Å². The monoisotopic (exact) mass is 186 g/mol. The molecule has 0 N–H and O–H groups in total. The van der Waals surface area contributed by atoms with E-state index >= 15 is 0 Å². The summed E-state index contributed by atoms with van der Waals surface area (Å²) in [6.45, 7) is 3.69. The lowest BCUT2D eigenvalue weighted by molar-refractivity contribution is -0.109. The minimum Gasteiger partial charge on any atom is -0.207 e. The molecule has 74 valence electrons. The van der Waals surface area contributed by atoms with Gasteiger partial charge in [-0.15, -0.1) is 0 Å². The molecule has 0 rings (SSSR count). The van der Waals surface area contributed by atoms with Crippen LogP contribution in [0, 0.1) is 5.92 Å². The molecule has 0 aromatic rings. The fourth-order valence-electron chi connectivity index (χ4n) is 1.12. The Balaban J connectivity index is 4.04. The zero-order valence-corrected chi connectivity index (χ0v) is 7.50. The fourth-order valence-corrected chi connectivity index (χ4v) is 1.12. The molecule has 12 heavy (non-hydrogen) atoms. The van der Waals surface area contributed by atoms with Crippen molar-refractivity contribution >= 4 is 0 Å². The lowest BCUT2D eigenvalue weighted by Crippen LogP contribution is -2.27. The van der Waals surface area contributed by atoms with E-state index in [9.17, 15) is 17.6 Å². The van der Waals surface area contributed by atoms with Crippen LogP contribution in [0.1, 0.15) is 33.6 Å². The van der Waals surface area contributed by atoms with Gasteiger partial charge in [-0.25, -0.2) is 17.6 Å². The number of halogens is 4. The molecule has 0 spiro atoms. The number of hydrogen-bond acceptors (Lipinski definition) is 0. The summed E-state index contributed by atoms with van der Waals surface area (Å²) in [6.07, 6.45) is -1.82. The summed E-state index contributed by atoms with van der Waals surface area (Å²) < 4.78 is 49.8. The predicted molar refractivity (Wildman–Crippen MR) is 39.6 cm³/mol. The summed E-state index contributed by atoms with van der Waals surface area (Å²) in [7, 11) is 0. The van der Waals surface area contributed by atoms with Crippen molar-refractivity contribution in [1.29, 1.82) is 0 Å². The van der Waals surface area contributed by atoms with Crippen LogP contribution in [0.25, 0.3) is 0 Å². The fraction of sp³-hybridized carbons (Fsp3) is 1.00. The molecule has 0 amide bonds. The van der Waals surface area contributed by atoms with Gasteiger partial charge in [0.2, 0.25) is 0 Å². The molecule has 0 atom stereocenters. The van der Waals surface area contributed by atoms with Gasteiger partial charge in [0, 0.05) is 6.42 Å². The average Bonchev–Trinajstić information content (AvgIpc) is 1.48. The topological polar surface area (TPSA) is 0 Å².